The van der Waals surface area contributed by atoms with E-state index in [1.807, 2.05) is 0 Å². The Balaban J connectivity index is 2.38. The first kappa shape index (κ1) is 14.0. The molecule has 3 unspecified atom stereocenters. The van der Waals surface area contributed by atoms with E-state index in [1.165, 1.54) is 19.4 Å². The van der Waals surface area contributed by atoms with Crippen LogP contribution in [-0.4, -0.2) is 35.6 Å². The fourth-order valence-electron chi connectivity index (χ4n) is 2.65. The van der Waals surface area contributed by atoms with Crippen LogP contribution < -0.4 is 5.32 Å². The van der Waals surface area contributed by atoms with Crippen LogP contribution in [0.5, 0.6) is 0 Å². The van der Waals surface area contributed by atoms with Gasteiger partial charge in [-0.3, -0.25) is 4.90 Å². The van der Waals surface area contributed by atoms with E-state index in [0.29, 0.717) is 6.04 Å². The normalized spacial score (nSPS) is 30.4. The lowest BCUT2D eigenvalue weighted by molar-refractivity contribution is 0.0857. The van der Waals surface area contributed by atoms with Crippen LogP contribution in [0.2, 0.25) is 0 Å². The average molecular weight is 226 g/mol. The van der Waals surface area contributed by atoms with Gasteiger partial charge in [-0.2, -0.15) is 0 Å². The van der Waals surface area contributed by atoms with Crippen molar-refractivity contribution in [3.05, 3.63) is 0 Å². The molecule has 0 spiro atoms. The van der Waals surface area contributed by atoms with Crippen molar-refractivity contribution in [3.8, 4) is 0 Å². The minimum Gasteiger partial charge on any atom is -0.311 e. The first-order chi connectivity index (χ1) is 7.29. The highest BCUT2D eigenvalue weighted by Gasteiger charge is 2.26. The highest BCUT2D eigenvalue weighted by molar-refractivity contribution is 4.83. The summed E-state index contributed by atoms with van der Waals surface area (Å²) in [4.78, 5) is 2.67. The molecular formula is C14H30N2. The Morgan fingerprint density at radius 1 is 1.31 bits per heavy atom. The zero-order chi connectivity index (χ0) is 12.3. The van der Waals surface area contributed by atoms with E-state index in [2.05, 4.69) is 51.8 Å². The van der Waals surface area contributed by atoms with Gasteiger partial charge in [0.25, 0.3) is 0 Å². The van der Waals surface area contributed by atoms with Crippen molar-refractivity contribution >= 4 is 0 Å². The van der Waals surface area contributed by atoms with Crippen molar-refractivity contribution in [1.82, 2.24) is 10.2 Å². The quantitative estimate of drug-likeness (QED) is 0.796. The Morgan fingerprint density at radius 2 is 1.94 bits per heavy atom. The molecule has 1 rings (SSSR count). The van der Waals surface area contributed by atoms with Crippen molar-refractivity contribution in [1.29, 1.82) is 0 Å². The Bertz CT molecular complexity index is 207. The second-order valence-corrected chi connectivity index (χ2v) is 6.70. The maximum atomic E-state index is 3.61. The van der Waals surface area contributed by atoms with Crippen molar-refractivity contribution < 1.29 is 0 Å². The van der Waals surface area contributed by atoms with E-state index in [-0.39, 0.29) is 5.54 Å². The molecule has 2 heteroatoms. The molecular weight excluding hydrogens is 196 g/mol. The van der Waals surface area contributed by atoms with E-state index >= 15 is 0 Å². The molecule has 1 aliphatic rings. The van der Waals surface area contributed by atoms with Crippen molar-refractivity contribution in [2.45, 2.75) is 72.0 Å². The summed E-state index contributed by atoms with van der Waals surface area (Å²) in [5.41, 5.74) is 0.237. The average Bonchev–Trinajstić information content (AvgIpc) is 2.13. The summed E-state index contributed by atoms with van der Waals surface area (Å²) in [5.74, 6) is 0.911. The Kier molecular flexibility index (Phi) is 4.81. The summed E-state index contributed by atoms with van der Waals surface area (Å²) in [6.07, 6.45) is 2.73. The molecule has 16 heavy (non-hydrogen) atoms. The Hall–Kier alpha value is -0.0800. The lowest BCUT2D eigenvalue weighted by atomic mass is 9.92. The lowest BCUT2D eigenvalue weighted by Crippen LogP contribution is -2.51. The number of hydrogen-bond donors (Lipinski definition) is 1. The third kappa shape index (κ3) is 4.42. The van der Waals surface area contributed by atoms with Crippen LogP contribution in [0.25, 0.3) is 0 Å². The van der Waals surface area contributed by atoms with Crippen LogP contribution in [-0.2, 0) is 0 Å². The predicted octanol–water partition coefficient (Wildman–Crippen LogP) is 2.88. The zero-order valence-electron chi connectivity index (χ0n) is 12.0. The van der Waals surface area contributed by atoms with Crippen molar-refractivity contribution in [2.24, 2.45) is 5.92 Å². The van der Waals surface area contributed by atoms with Gasteiger partial charge in [-0.1, -0.05) is 6.92 Å². The van der Waals surface area contributed by atoms with Crippen LogP contribution in [0.4, 0.5) is 0 Å². The van der Waals surface area contributed by atoms with Gasteiger partial charge in [-0.25, -0.2) is 0 Å². The van der Waals surface area contributed by atoms with E-state index in [0.717, 1.165) is 18.5 Å². The smallest absolute Gasteiger partial charge is 0.0195 e. The minimum atomic E-state index is 0.237. The Morgan fingerprint density at radius 3 is 2.44 bits per heavy atom. The number of hydrogen-bond acceptors (Lipinski definition) is 2. The van der Waals surface area contributed by atoms with E-state index in [4.69, 9.17) is 0 Å². The molecule has 1 heterocycles. The number of piperidine rings is 1. The molecule has 0 aromatic carbocycles. The largest absolute Gasteiger partial charge is 0.311 e. The van der Waals surface area contributed by atoms with Crippen LogP contribution in [0, 0.1) is 5.92 Å². The number of rotatable bonds is 3. The maximum absolute atomic E-state index is 3.61. The number of nitrogens with zero attached hydrogens (tertiary/aromatic N) is 1. The Labute approximate surface area is 102 Å². The summed E-state index contributed by atoms with van der Waals surface area (Å²) >= 11 is 0. The van der Waals surface area contributed by atoms with Crippen LogP contribution in [0.15, 0.2) is 0 Å². The topological polar surface area (TPSA) is 15.3 Å². The summed E-state index contributed by atoms with van der Waals surface area (Å²) in [5, 5.41) is 3.61. The fourth-order valence-corrected chi connectivity index (χ4v) is 2.65. The molecule has 1 N–H and O–H groups in total. The third-order valence-electron chi connectivity index (χ3n) is 3.68. The van der Waals surface area contributed by atoms with Crippen LogP contribution >= 0.6 is 0 Å². The SMILES string of the molecule is CC1CCN(C(C)CNC(C)(C)C)C(C)C1. The van der Waals surface area contributed by atoms with Crippen molar-refractivity contribution in [3.63, 3.8) is 0 Å². The molecule has 0 aromatic heterocycles. The van der Waals surface area contributed by atoms with E-state index in [9.17, 15) is 0 Å². The molecule has 1 saturated heterocycles. The standard InChI is InChI=1S/C14H30N2/c1-11-7-8-16(12(2)9-11)13(3)10-15-14(4,5)6/h11-13,15H,7-10H2,1-6H3. The predicted molar refractivity (Wildman–Crippen MR) is 71.8 cm³/mol. The summed E-state index contributed by atoms with van der Waals surface area (Å²) < 4.78 is 0. The van der Waals surface area contributed by atoms with Gasteiger partial charge in [-0.15, -0.1) is 0 Å². The summed E-state index contributed by atoms with van der Waals surface area (Å²) in [6.45, 7) is 16.2. The molecule has 0 saturated carbocycles. The highest BCUT2D eigenvalue weighted by Crippen LogP contribution is 2.23. The molecule has 2 nitrogen and oxygen atoms in total. The molecule has 0 aliphatic carbocycles. The first-order valence-corrected chi connectivity index (χ1v) is 6.80. The highest BCUT2D eigenvalue weighted by atomic mass is 15.2. The fraction of sp³-hybridized carbons (Fsp3) is 1.00. The zero-order valence-corrected chi connectivity index (χ0v) is 12.0. The third-order valence-corrected chi connectivity index (χ3v) is 3.68. The summed E-state index contributed by atoms with van der Waals surface area (Å²) in [7, 11) is 0. The van der Waals surface area contributed by atoms with Gasteiger partial charge in [0.15, 0.2) is 0 Å². The van der Waals surface area contributed by atoms with E-state index in [1.54, 1.807) is 0 Å². The van der Waals surface area contributed by atoms with Crippen LogP contribution in [0.3, 0.4) is 0 Å². The van der Waals surface area contributed by atoms with Gasteiger partial charge in [0, 0.05) is 24.2 Å². The molecule has 96 valence electrons. The van der Waals surface area contributed by atoms with Gasteiger partial charge in [0.1, 0.15) is 0 Å². The van der Waals surface area contributed by atoms with E-state index < -0.39 is 0 Å². The van der Waals surface area contributed by atoms with Crippen molar-refractivity contribution in [2.75, 3.05) is 13.1 Å². The van der Waals surface area contributed by atoms with Gasteiger partial charge in [0.2, 0.25) is 0 Å². The molecule has 0 bridgehead atoms. The number of nitrogens with one attached hydrogen (secondary N) is 1. The first-order valence-electron chi connectivity index (χ1n) is 6.80. The van der Waals surface area contributed by atoms with Gasteiger partial charge in [-0.05, 0) is 59.9 Å². The monoisotopic (exact) mass is 226 g/mol. The second kappa shape index (κ2) is 5.50. The van der Waals surface area contributed by atoms with Gasteiger partial charge in [0.05, 0.1) is 0 Å². The lowest BCUT2D eigenvalue weighted by Gasteiger charge is -2.41. The molecule has 0 radical (unpaired) electrons. The molecule has 0 amide bonds. The second-order valence-electron chi connectivity index (χ2n) is 6.70. The molecule has 0 aromatic rings. The maximum Gasteiger partial charge on any atom is 0.0195 e. The minimum absolute atomic E-state index is 0.237. The molecule has 1 fully saturated rings. The molecule has 1 aliphatic heterocycles. The van der Waals surface area contributed by atoms with Gasteiger partial charge >= 0.3 is 0 Å². The molecule has 3 atom stereocenters. The number of likely N-dealkylation sites (tertiary alicyclic amines) is 1. The summed E-state index contributed by atoms with van der Waals surface area (Å²) in [6, 6.07) is 1.40. The van der Waals surface area contributed by atoms with Gasteiger partial charge < -0.3 is 5.32 Å². The van der Waals surface area contributed by atoms with Crippen LogP contribution in [0.1, 0.15) is 54.4 Å².